The van der Waals surface area contributed by atoms with Gasteiger partial charge >= 0.3 is 12.1 Å². The molecule has 0 saturated carbocycles. The molecule has 196 valence electrons. The summed E-state index contributed by atoms with van der Waals surface area (Å²) in [6.07, 6.45) is -0.735. The number of likely N-dealkylation sites (N-methyl/N-ethyl adjacent to an activating group) is 1. The fourth-order valence-electron chi connectivity index (χ4n) is 3.56. The topological polar surface area (TPSA) is 114 Å². The summed E-state index contributed by atoms with van der Waals surface area (Å²) in [5, 5.41) is 5.30. The van der Waals surface area contributed by atoms with E-state index in [4.69, 9.17) is 9.47 Å². The molecule has 9 nitrogen and oxygen atoms in total. The molecule has 0 aliphatic rings. The molecule has 0 spiro atoms. The van der Waals surface area contributed by atoms with Crippen molar-refractivity contribution in [1.82, 2.24) is 15.5 Å². The van der Waals surface area contributed by atoms with Gasteiger partial charge in [-0.25, -0.2) is 4.79 Å². The minimum atomic E-state index is -1.01. The zero-order valence-corrected chi connectivity index (χ0v) is 22.7. The Kier molecular flexibility index (Phi) is 12.1. The second-order valence-electron chi connectivity index (χ2n) is 9.18. The van der Waals surface area contributed by atoms with Gasteiger partial charge in [-0.1, -0.05) is 29.3 Å². The van der Waals surface area contributed by atoms with Gasteiger partial charge in [0.1, 0.15) is 17.7 Å². The lowest BCUT2D eigenvalue weighted by atomic mass is 9.98. The number of amides is 3. The monoisotopic (exact) mass is 509 g/mol. The molecule has 0 fully saturated rings. The van der Waals surface area contributed by atoms with Gasteiger partial charge in [-0.15, -0.1) is 0 Å². The molecule has 0 bridgehead atoms. The number of carbonyl (C=O) groups excluding carboxylic acids is 4. The van der Waals surface area contributed by atoms with E-state index in [0.29, 0.717) is 5.56 Å². The molecule has 35 heavy (non-hydrogen) atoms. The van der Waals surface area contributed by atoms with Crippen molar-refractivity contribution < 1.29 is 28.7 Å². The van der Waals surface area contributed by atoms with Gasteiger partial charge in [-0.05, 0) is 54.0 Å². The highest BCUT2D eigenvalue weighted by Gasteiger charge is 2.35. The van der Waals surface area contributed by atoms with Crippen molar-refractivity contribution in [3.8, 4) is 0 Å². The molecule has 0 aromatic heterocycles. The summed E-state index contributed by atoms with van der Waals surface area (Å²) in [6.45, 7) is 13.0. The lowest BCUT2D eigenvalue weighted by molar-refractivity contribution is -0.144. The number of thiol groups is 1. The van der Waals surface area contributed by atoms with Gasteiger partial charge in [0.05, 0.1) is 13.0 Å². The molecule has 0 aliphatic heterocycles. The first-order valence-corrected chi connectivity index (χ1v) is 12.4. The molecule has 0 radical (unpaired) electrons. The van der Waals surface area contributed by atoms with E-state index < -0.39 is 41.6 Å². The molecular weight excluding hydrogens is 470 g/mol. The van der Waals surface area contributed by atoms with Crippen molar-refractivity contribution in [3.63, 3.8) is 0 Å². The smallest absolute Gasteiger partial charge is 0.408 e. The molecule has 0 saturated heterocycles. The third-order valence-electron chi connectivity index (χ3n) is 4.85. The van der Waals surface area contributed by atoms with E-state index in [1.807, 2.05) is 32.0 Å². The van der Waals surface area contributed by atoms with Crippen molar-refractivity contribution in [1.29, 1.82) is 0 Å². The van der Waals surface area contributed by atoms with Gasteiger partial charge in [0.2, 0.25) is 11.8 Å². The quantitative estimate of drug-likeness (QED) is 0.312. The van der Waals surface area contributed by atoms with E-state index in [1.54, 1.807) is 34.6 Å². The number of rotatable bonds is 11. The lowest BCUT2D eigenvalue weighted by Gasteiger charge is -2.33. The molecule has 10 heteroatoms. The van der Waals surface area contributed by atoms with Crippen molar-refractivity contribution in [2.75, 3.05) is 25.4 Å². The number of esters is 1. The molecule has 2 N–H and O–H groups in total. The minimum absolute atomic E-state index is 0.0125. The number of alkyl carbamates (subject to hydrolysis) is 1. The second kappa shape index (κ2) is 14.0. The van der Waals surface area contributed by atoms with E-state index >= 15 is 0 Å². The van der Waals surface area contributed by atoms with Crippen LogP contribution in [0.3, 0.4) is 0 Å². The van der Waals surface area contributed by atoms with Crippen LogP contribution in [-0.4, -0.2) is 65.9 Å². The molecule has 1 aromatic rings. The van der Waals surface area contributed by atoms with E-state index in [-0.39, 0.29) is 31.9 Å². The zero-order chi connectivity index (χ0) is 26.8. The van der Waals surface area contributed by atoms with Crippen LogP contribution >= 0.6 is 12.6 Å². The van der Waals surface area contributed by atoms with Crippen LogP contribution in [0.5, 0.6) is 0 Å². The Balaban J connectivity index is 3.24. The maximum absolute atomic E-state index is 13.5. The summed E-state index contributed by atoms with van der Waals surface area (Å²) in [4.78, 5) is 52.2. The number of ether oxygens (including phenoxy) is 2. The van der Waals surface area contributed by atoms with Crippen LogP contribution in [0.4, 0.5) is 4.79 Å². The molecule has 2 unspecified atom stereocenters. The van der Waals surface area contributed by atoms with Gasteiger partial charge < -0.3 is 25.0 Å². The largest absolute Gasteiger partial charge is 0.466 e. The summed E-state index contributed by atoms with van der Waals surface area (Å²) >= 11 is 4.24. The van der Waals surface area contributed by atoms with E-state index in [9.17, 15) is 19.2 Å². The Labute approximate surface area is 213 Å². The van der Waals surface area contributed by atoms with Crippen molar-refractivity contribution in [2.24, 2.45) is 0 Å². The fourth-order valence-corrected chi connectivity index (χ4v) is 3.81. The summed E-state index contributed by atoms with van der Waals surface area (Å²) in [7, 11) is 0. The normalized spacial score (nSPS) is 12.8. The van der Waals surface area contributed by atoms with Crippen molar-refractivity contribution in [3.05, 3.63) is 34.9 Å². The number of carbonyl (C=O) groups is 4. The second-order valence-corrected chi connectivity index (χ2v) is 9.54. The Morgan fingerprint density at radius 2 is 1.66 bits per heavy atom. The summed E-state index contributed by atoms with van der Waals surface area (Å²) in [5.74, 6) is -1.32. The fraction of sp³-hybridized carbons (Fsp3) is 0.600. The van der Waals surface area contributed by atoms with Gasteiger partial charge in [-0.3, -0.25) is 14.4 Å². The molecule has 3 amide bonds. The van der Waals surface area contributed by atoms with Crippen LogP contribution in [0.2, 0.25) is 0 Å². The van der Waals surface area contributed by atoms with Crippen LogP contribution in [0.15, 0.2) is 18.2 Å². The van der Waals surface area contributed by atoms with E-state index in [2.05, 4.69) is 23.3 Å². The van der Waals surface area contributed by atoms with Crippen LogP contribution in [0.25, 0.3) is 0 Å². The highest BCUT2D eigenvalue weighted by atomic mass is 32.1. The first kappa shape index (κ1) is 30.3. The number of hydrogen-bond donors (Lipinski definition) is 3. The Morgan fingerprint density at radius 3 is 2.14 bits per heavy atom. The van der Waals surface area contributed by atoms with Crippen molar-refractivity contribution in [2.45, 2.75) is 72.6 Å². The third kappa shape index (κ3) is 10.2. The summed E-state index contributed by atoms with van der Waals surface area (Å²) < 4.78 is 10.2. The number of aryl methyl sites for hydroxylation is 2. The number of nitrogens with one attached hydrogen (secondary N) is 2. The predicted molar refractivity (Wildman–Crippen MR) is 137 cm³/mol. The number of hydrogen-bond acceptors (Lipinski definition) is 7. The molecule has 0 aliphatic carbocycles. The van der Waals surface area contributed by atoms with Crippen LogP contribution < -0.4 is 10.6 Å². The highest BCUT2D eigenvalue weighted by molar-refractivity contribution is 7.80. The van der Waals surface area contributed by atoms with Crippen LogP contribution in [-0.2, 0) is 23.9 Å². The SMILES string of the molecule is CCOC(=O)CCNC(=O)C(c1cc(C)cc(C)c1)N(CC)C(=O)C(CS)NC(=O)OC(C)(C)C. The zero-order valence-electron chi connectivity index (χ0n) is 21.8. The number of benzene rings is 1. The highest BCUT2D eigenvalue weighted by Crippen LogP contribution is 2.25. The molecular formula is C25H39N3O6S. The van der Waals surface area contributed by atoms with Gasteiger partial charge in [-0.2, -0.15) is 12.6 Å². The Bertz CT molecular complexity index is 879. The maximum Gasteiger partial charge on any atom is 0.408 e. The average molecular weight is 510 g/mol. The number of nitrogens with zero attached hydrogens (tertiary/aromatic N) is 1. The predicted octanol–water partition coefficient (Wildman–Crippen LogP) is 3.09. The lowest BCUT2D eigenvalue weighted by Crippen LogP contribution is -2.53. The first-order valence-electron chi connectivity index (χ1n) is 11.7. The minimum Gasteiger partial charge on any atom is -0.466 e. The molecule has 1 aromatic carbocycles. The standard InChI is InChI=1S/C25H39N3O6S/c1-8-28(23(31)19(15-35)27-24(32)34-25(5,6)7)21(18-13-16(3)12-17(4)14-18)22(30)26-11-10-20(29)33-9-2/h12-14,19,21,35H,8-11,15H2,1-7H3,(H,26,30)(H,27,32). The van der Waals surface area contributed by atoms with Gasteiger partial charge in [0.15, 0.2) is 0 Å². The van der Waals surface area contributed by atoms with Crippen molar-refractivity contribution >= 4 is 36.5 Å². The maximum atomic E-state index is 13.5. The summed E-state index contributed by atoms with van der Waals surface area (Å²) in [6, 6.07) is 3.67. The van der Waals surface area contributed by atoms with Gasteiger partial charge in [0.25, 0.3) is 0 Å². The first-order chi connectivity index (χ1) is 16.3. The average Bonchev–Trinajstić information content (AvgIpc) is 2.73. The third-order valence-corrected chi connectivity index (χ3v) is 5.21. The Morgan fingerprint density at radius 1 is 1.06 bits per heavy atom. The molecule has 1 rings (SSSR count). The molecule has 0 heterocycles. The van der Waals surface area contributed by atoms with E-state index in [0.717, 1.165) is 11.1 Å². The van der Waals surface area contributed by atoms with E-state index in [1.165, 1.54) is 4.90 Å². The van der Waals surface area contributed by atoms with Gasteiger partial charge in [0, 0.05) is 18.8 Å². The summed E-state index contributed by atoms with van der Waals surface area (Å²) in [5.41, 5.74) is 1.76. The molecule has 2 atom stereocenters. The van der Waals surface area contributed by atoms with Crippen LogP contribution in [0, 0.1) is 13.8 Å². The van der Waals surface area contributed by atoms with Crippen LogP contribution in [0.1, 0.15) is 63.8 Å². The Hall–Kier alpha value is -2.75.